The van der Waals surface area contributed by atoms with Gasteiger partial charge in [0.15, 0.2) is 18.7 Å². The van der Waals surface area contributed by atoms with Crippen LogP contribution < -0.4 is 17.2 Å². The minimum atomic E-state index is -3.78. The molecule has 0 aromatic heterocycles. The summed E-state index contributed by atoms with van der Waals surface area (Å²) in [5, 5.41) is 87.6. The maximum atomic E-state index is 10.2. The van der Waals surface area contributed by atoms with Crippen LogP contribution in [0.4, 0.5) is 0 Å². The van der Waals surface area contributed by atoms with Crippen LogP contribution in [0.15, 0.2) is 67.2 Å². The van der Waals surface area contributed by atoms with Gasteiger partial charge in [-0.2, -0.15) is 15.0 Å². The molecule has 6 aliphatic rings. The summed E-state index contributed by atoms with van der Waals surface area (Å²) in [5.74, 6) is -0.773. The molecule has 24 heteroatoms. The molecule has 0 aromatic carbocycles. The van der Waals surface area contributed by atoms with Gasteiger partial charge in [0.2, 0.25) is 17.9 Å². The number of aliphatic imine (C=N–C) groups is 6. The Bertz CT molecular complexity index is 2050. The largest absolute Gasteiger partial charge is 0.394 e. The zero-order valence-corrected chi connectivity index (χ0v) is 25.8. The van der Waals surface area contributed by atoms with Crippen molar-refractivity contribution in [1.29, 1.82) is 0 Å². The average molecular weight is 739 g/mol. The number of hydrogen-bond acceptors (Lipinski definition) is 24. The highest BCUT2D eigenvalue weighted by Crippen LogP contribution is 2.28. The van der Waals surface area contributed by atoms with Crippen LogP contribution in [-0.2, 0) is 14.2 Å². The van der Waals surface area contributed by atoms with Crippen molar-refractivity contribution in [2.24, 2.45) is 47.2 Å². The fourth-order valence-corrected chi connectivity index (χ4v) is 4.25. The summed E-state index contributed by atoms with van der Waals surface area (Å²) in [7, 11) is 0. The number of guanidine groups is 3. The van der Waals surface area contributed by atoms with Crippen molar-refractivity contribution in [3.8, 4) is 0 Å². The quantitative estimate of drug-likeness (QED) is 0.120. The van der Waals surface area contributed by atoms with E-state index in [1.165, 1.54) is 11.2 Å². The van der Waals surface area contributed by atoms with Gasteiger partial charge in [0.1, 0.15) is 91.3 Å². The van der Waals surface area contributed by atoms with E-state index in [0.717, 1.165) is 17.6 Å². The van der Waals surface area contributed by atoms with Crippen molar-refractivity contribution in [2.75, 3.05) is 19.7 Å². The Morgan fingerprint density at radius 2 is 1.04 bits per heavy atom. The topological polar surface area (TPSA) is 372 Å². The summed E-state index contributed by atoms with van der Waals surface area (Å²) < 4.78 is 104. The van der Waals surface area contributed by atoms with Crippen molar-refractivity contribution < 1.29 is 76.6 Å². The molecular formula is C27H42N12O12. The molecule has 3 saturated heterocycles. The van der Waals surface area contributed by atoms with Gasteiger partial charge < -0.3 is 77.4 Å². The summed E-state index contributed by atoms with van der Waals surface area (Å²) in [5.41, 5.74) is 16.0. The number of aliphatic hydroxyl groups excluding tert-OH is 3. The van der Waals surface area contributed by atoms with E-state index in [1.807, 2.05) is 0 Å². The molecule has 6 rings (SSSR count). The average Bonchev–Trinajstić information content (AvgIpc) is 3.56. The van der Waals surface area contributed by atoms with Crippen molar-refractivity contribution in [3.05, 3.63) is 37.2 Å². The Hall–Kier alpha value is -4.44. The first-order chi connectivity index (χ1) is 28.2. The van der Waals surface area contributed by atoms with Crippen molar-refractivity contribution in [1.82, 2.24) is 14.7 Å². The normalized spacial score (nSPS) is 50.4. The molecule has 0 radical (unpaired) electrons. The molecule has 24 nitrogen and oxygen atoms in total. The lowest BCUT2D eigenvalue weighted by Crippen LogP contribution is -2.44. The van der Waals surface area contributed by atoms with Crippen LogP contribution in [0.25, 0.3) is 0 Å². The number of rotatable bonds is 6. The number of ether oxygens (including phenoxy) is 3. The minimum Gasteiger partial charge on any atom is -0.394 e. The van der Waals surface area contributed by atoms with Gasteiger partial charge in [0.25, 0.3) is 0 Å². The maximum Gasteiger partial charge on any atom is 0.223 e. The predicted molar refractivity (Wildman–Crippen MR) is 177 cm³/mol. The fraction of sp³-hybridized carbons (Fsp3) is 0.556. The Morgan fingerprint density at radius 1 is 0.608 bits per heavy atom. The second-order valence-electron chi connectivity index (χ2n) is 9.96. The van der Waals surface area contributed by atoms with E-state index in [1.54, 1.807) is 0 Å². The molecule has 15 N–H and O–H groups in total. The van der Waals surface area contributed by atoms with Gasteiger partial charge >= 0.3 is 0 Å². The first kappa shape index (κ1) is 25.5. The summed E-state index contributed by atoms with van der Waals surface area (Å²) in [6.07, 6.45) is -27.1. The van der Waals surface area contributed by atoms with Crippen molar-refractivity contribution in [3.63, 3.8) is 0 Å². The Morgan fingerprint density at radius 3 is 1.41 bits per heavy atom. The molecule has 3 unspecified atom stereocenters. The molecule has 51 heavy (non-hydrogen) atoms. The number of nitrogens with zero attached hydrogens (tertiary/aromatic N) is 9. The number of aliphatic hydroxyl groups is 9. The Labute approximate surface area is 306 Å². The molecule has 0 saturated carbocycles. The highest BCUT2D eigenvalue weighted by Gasteiger charge is 2.48. The lowest BCUT2D eigenvalue weighted by molar-refractivity contribution is -0.0607. The molecule has 0 spiro atoms. The lowest BCUT2D eigenvalue weighted by Gasteiger charge is -2.29. The van der Waals surface area contributed by atoms with Gasteiger partial charge in [-0.1, -0.05) is 19.7 Å². The van der Waals surface area contributed by atoms with Crippen LogP contribution in [0.1, 0.15) is 16.4 Å². The third kappa shape index (κ3) is 8.55. The fourth-order valence-electron chi connectivity index (χ4n) is 4.25. The van der Waals surface area contributed by atoms with Gasteiger partial charge in [-0.05, 0) is 0 Å². The lowest BCUT2D eigenvalue weighted by atomic mass is 10.1. The molecule has 0 aromatic rings. The van der Waals surface area contributed by atoms with Crippen LogP contribution in [0.5, 0.6) is 0 Å². The molecular weight excluding hydrogens is 684 g/mol. The summed E-state index contributed by atoms with van der Waals surface area (Å²) in [6.45, 7) is 0.514. The third-order valence-corrected chi connectivity index (χ3v) is 6.74. The molecule has 6 aliphatic heterocycles. The van der Waals surface area contributed by atoms with Crippen LogP contribution in [0, 0.1) is 0 Å². The van der Waals surface area contributed by atoms with Gasteiger partial charge in [0, 0.05) is 0 Å². The standard InChI is InChI=1S/3C9H14N4O4/c3*1-4-12-9(10)11-3-13(4)8-7(16)6(15)5(2-14)17-8/h3*3,5-8,14-16H,1-2H2,(H2,10,12)/t3*5-,6+,7?,8-/m111/s1/i2D2,5D,6D,7D,8D;2D2,5D,6D;2D2. The zero-order chi connectivity index (χ0) is 48.6. The molecule has 12 atom stereocenters. The first-order valence-electron chi connectivity index (χ1n) is 19.7. The molecule has 6 heterocycles. The minimum absolute atomic E-state index is 0.0247. The molecule has 0 bridgehead atoms. The Balaban J connectivity index is 0.000000208. The van der Waals surface area contributed by atoms with Gasteiger partial charge in [-0.3, -0.25) is 14.7 Å². The van der Waals surface area contributed by atoms with Gasteiger partial charge in [-0.15, -0.1) is 0 Å². The summed E-state index contributed by atoms with van der Waals surface area (Å²) in [4.78, 5) is 24.4. The SMILES string of the molecule is [2H]C([2H])(O)[C@@]1([2H])O[C@@H](N2C=NC(N)=NC2=C)C(O)[C@@]1([2H])O.[2H]C([2H])(O)[C@H]1O[C@@H](N2C=NC(N)=NC2=C)C(O)[C@H]1O.[2H]C1(O)[C@]([2H])(N2C=NC(N)=NC2=C)O[C@]([2H])(C([2H])([2H])O)[C@]1([2H])O. The van der Waals surface area contributed by atoms with E-state index < -0.39 is 99.0 Å². The van der Waals surface area contributed by atoms with Gasteiger partial charge in [-0.25, -0.2) is 15.0 Å². The van der Waals surface area contributed by atoms with Gasteiger partial charge in [0.05, 0.1) is 36.1 Å². The maximum absolute atomic E-state index is 10.2. The van der Waals surface area contributed by atoms with E-state index in [4.69, 9.17) is 43.1 Å². The smallest absolute Gasteiger partial charge is 0.223 e. The van der Waals surface area contributed by atoms with E-state index in [2.05, 4.69) is 54.4 Å². The second-order valence-corrected chi connectivity index (χ2v) is 9.96. The number of nitrogens with two attached hydrogens (primary N) is 3. The predicted octanol–water partition coefficient (Wildman–Crippen LogP) is -7.33. The summed E-state index contributed by atoms with van der Waals surface area (Å²) >= 11 is 0. The zero-order valence-electron chi connectivity index (χ0n) is 37.8. The van der Waals surface area contributed by atoms with Crippen LogP contribution in [-0.4, -0.2) is 191 Å². The van der Waals surface area contributed by atoms with E-state index >= 15 is 0 Å². The molecule has 0 amide bonds. The van der Waals surface area contributed by atoms with Crippen LogP contribution >= 0.6 is 0 Å². The molecule has 0 aliphatic carbocycles. The molecule has 3 fully saturated rings. The highest BCUT2D eigenvalue weighted by molar-refractivity contribution is 5.90. The third-order valence-electron chi connectivity index (χ3n) is 6.74. The summed E-state index contributed by atoms with van der Waals surface area (Å²) in [6, 6.07) is 0. The highest BCUT2D eigenvalue weighted by atomic mass is 16.6. The van der Waals surface area contributed by atoms with Crippen LogP contribution in [0.2, 0.25) is 0 Å². The van der Waals surface area contributed by atoms with Crippen molar-refractivity contribution in [2.45, 2.75) is 73.5 Å². The first-order valence-corrected chi connectivity index (χ1v) is 13.7. The van der Waals surface area contributed by atoms with E-state index in [-0.39, 0.29) is 29.5 Å². The molecule has 282 valence electrons. The van der Waals surface area contributed by atoms with Crippen LogP contribution in [0.3, 0.4) is 0 Å². The van der Waals surface area contributed by atoms with Crippen molar-refractivity contribution >= 4 is 36.9 Å². The number of hydrogen-bond donors (Lipinski definition) is 12. The van der Waals surface area contributed by atoms with E-state index in [9.17, 15) is 46.0 Å². The Kier molecular flexibility index (Phi) is 8.36. The van der Waals surface area contributed by atoms with E-state index in [0.29, 0.717) is 4.90 Å². The monoisotopic (exact) mass is 738 g/mol. The second kappa shape index (κ2) is 16.7.